The number of oxime groups is 1. The van der Waals surface area contributed by atoms with E-state index in [9.17, 15) is 4.79 Å². The van der Waals surface area contributed by atoms with Gasteiger partial charge in [0.25, 0.3) is 0 Å². The predicted molar refractivity (Wildman–Crippen MR) is 71.5 cm³/mol. The summed E-state index contributed by atoms with van der Waals surface area (Å²) in [5, 5.41) is 12.2. The van der Waals surface area contributed by atoms with Gasteiger partial charge in [0.1, 0.15) is 0 Å². The lowest BCUT2D eigenvalue weighted by molar-refractivity contribution is -0.142. The average Bonchev–Trinajstić information content (AvgIpc) is 2.31. The van der Waals surface area contributed by atoms with Crippen LogP contribution in [-0.4, -0.2) is 23.4 Å². The first-order chi connectivity index (χ1) is 8.49. The van der Waals surface area contributed by atoms with Gasteiger partial charge in [0, 0.05) is 0 Å². The van der Waals surface area contributed by atoms with Crippen molar-refractivity contribution in [1.82, 2.24) is 0 Å². The molecule has 4 heteroatoms. The van der Waals surface area contributed by atoms with Gasteiger partial charge >= 0.3 is 5.97 Å². The molecule has 1 aromatic carbocycles. The van der Waals surface area contributed by atoms with Gasteiger partial charge < -0.3 is 9.94 Å². The van der Waals surface area contributed by atoms with Crippen molar-refractivity contribution < 1.29 is 14.7 Å². The Morgan fingerprint density at radius 1 is 1.33 bits per heavy atom. The molecule has 0 bridgehead atoms. The molecule has 0 saturated heterocycles. The monoisotopic (exact) mass is 247 g/mol. The van der Waals surface area contributed by atoms with Gasteiger partial charge in [-0.05, 0) is 31.9 Å². The Morgan fingerprint density at radius 3 is 2.50 bits per heavy atom. The van der Waals surface area contributed by atoms with E-state index < -0.39 is 12.6 Å². The highest BCUT2D eigenvalue weighted by molar-refractivity contribution is 6.01. The van der Waals surface area contributed by atoms with E-state index in [4.69, 9.17) is 5.11 Å². The molecule has 0 aliphatic carbocycles. The fourth-order valence-electron chi connectivity index (χ4n) is 1.27. The molecule has 0 heterocycles. The van der Waals surface area contributed by atoms with Crippen LogP contribution in [0.25, 0.3) is 6.08 Å². The van der Waals surface area contributed by atoms with Crippen molar-refractivity contribution in [2.24, 2.45) is 5.16 Å². The lowest BCUT2D eigenvalue weighted by Gasteiger charge is -2.02. The van der Waals surface area contributed by atoms with E-state index in [1.54, 1.807) is 6.92 Å². The van der Waals surface area contributed by atoms with Crippen molar-refractivity contribution in [2.45, 2.75) is 20.8 Å². The first-order valence-corrected chi connectivity index (χ1v) is 5.62. The second-order valence-electron chi connectivity index (χ2n) is 4.08. The Balaban J connectivity index is 2.70. The topological polar surface area (TPSA) is 58.9 Å². The molecule has 18 heavy (non-hydrogen) atoms. The van der Waals surface area contributed by atoms with Crippen LogP contribution in [0.5, 0.6) is 0 Å². The first kappa shape index (κ1) is 14.0. The van der Waals surface area contributed by atoms with Crippen molar-refractivity contribution in [3.05, 3.63) is 41.0 Å². The Morgan fingerprint density at radius 2 is 1.94 bits per heavy atom. The predicted octanol–water partition coefficient (Wildman–Crippen LogP) is 2.88. The van der Waals surface area contributed by atoms with Gasteiger partial charge in [-0.3, -0.25) is 0 Å². The van der Waals surface area contributed by atoms with Gasteiger partial charge in [0.15, 0.2) is 0 Å². The summed E-state index contributed by atoms with van der Waals surface area (Å²) >= 11 is 0. The fraction of sp³-hybridized carbons (Fsp3) is 0.286. The molecule has 0 radical (unpaired) electrons. The molecule has 0 amide bonds. The largest absolute Gasteiger partial charge is 0.479 e. The average molecular weight is 247 g/mol. The third-order valence-electron chi connectivity index (χ3n) is 2.42. The number of aliphatic carboxylic acids is 1. The van der Waals surface area contributed by atoms with Crippen LogP contribution < -0.4 is 0 Å². The van der Waals surface area contributed by atoms with Crippen LogP contribution in [0.4, 0.5) is 0 Å². The van der Waals surface area contributed by atoms with Crippen molar-refractivity contribution in [3.63, 3.8) is 0 Å². The molecule has 0 spiro atoms. The van der Waals surface area contributed by atoms with E-state index >= 15 is 0 Å². The first-order valence-electron chi connectivity index (χ1n) is 5.62. The van der Waals surface area contributed by atoms with Crippen molar-refractivity contribution in [1.29, 1.82) is 0 Å². The van der Waals surface area contributed by atoms with Crippen molar-refractivity contribution in [3.8, 4) is 0 Å². The Kier molecular flexibility index (Phi) is 5.11. The van der Waals surface area contributed by atoms with Gasteiger partial charge in [-0.15, -0.1) is 0 Å². The third-order valence-corrected chi connectivity index (χ3v) is 2.42. The van der Waals surface area contributed by atoms with Crippen LogP contribution in [0.2, 0.25) is 0 Å². The number of benzene rings is 1. The minimum absolute atomic E-state index is 0.421. The number of hydrogen-bond donors (Lipinski definition) is 1. The molecule has 0 fully saturated rings. The molecule has 4 nitrogen and oxygen atoms in total. The summed E-state index contributed by atoms with van der Waals surface area (Å²) in [5.41, 5.74) is 3.88. The Labute approximate surface area is 107 Å². The molecule has 0 aliphatic rings. The second kappa shape index (κ2) is 6.59. The fourth-order valence-corrected chi connectivity index (χ4v) is 1.27. The summed E-state index contributed by atoms with van der Waals surface area (Å²) < 4.78 is 0. The van der Waals surface area contributed by atoms with Gasteiger partial charge in [0.05, 0.1) is 5.71 Å². The maximum absolute atomic E-state index is 10.3. The number of carboxylic acids is 1. The lowest BCUT2D eigenvalue weighted by Crippen LogP contribution is -2.05. The van der Waals surface area contributed by atoms with Crippen molar-refractivity contribution >= 4 is 17.8 Å². The highest BCUT2D eigenvalue weighted by Gasteiger charge is 1.99. The quantitative estimate of drug-likeness (QED) is 0.643. The second-order valence-corrected chi connectivity index (χ2v) is 4.08. The highest BCUT2D eigenvalue weighted by atomic mass is 16.6. The molecule has 96 valence electrons. The summed E-state index contributed by atoms with van der Waals surface area (Å²) in [5.74, 6) is -1.04. The number of nitrogens with zero attached hydrogens (tertiary/aromatic N) is 1. The van der Waals surface area contributed by atoms with Crippen molar-refractivity contribution in [2.75, 3.05) is 6.61 Å². The summed E-state index contributed by atoms with van der Waals surface area (Å²) in [6.07, 6.45) is 1.97. The summed E-state index contributed by atoms with van der Waals surface area (Å²) in [6.45, 7) is 5.30. The SMILES string of the molecule is CC(=C\c1ccc(C)cc1)/C(C)=N/OCC(=O)O. The standard InChI is InChI=1S/C14H17NO3/c1-10-4-6-13(7-5-10)8-11(2)12(3)15-18-9-14(16)17/h4-8H,9H2,1-3H3,(H,16,17)/b11-8+,15-12+. The van der Waals surface area contributed by atoms with E-state index in [1.165, 1.54) is 5.56 Å². The zero-order valence-electron chi connectivity index (χ0n) is 10.8. The van der Waals surface area contributed by atoms with Gasteiger partial charge in [-0.2, -0.15) is 0 Å². The Bertz CT molecular complexity index is 472. The molecule has 0 atom stereocenters. The maximum atomic E-state index is 10.3. The summed E-state index contributed by atoms with van der Waals surface area (Å²) in [7, 11) is 0. The molecular weight excluding hydrogens is 230 g/mol. The smallest absolute Gasteiger partial charge is 0.344 e. The molecule has 1 aromatic rings. The third kappa shape index (κ3) is 4.82. The van der Waals surface area contributed by atoms with E-state index in [2.05, 4.69) is 9.99 Å². The number of rotatable bonds is 5. The molecule has 1 rings (SSSR count). The van der Waals surface area contributed by atoms with E-state index in [-0.39, 0.29) is 0 Å². The number of allylic oxidation sites excluding steroid dienone is 1. The van der Waals surface area contributed by atoms with Crippen LogP contribution in [0.3, 0.4) is 0 Å². The molecule has 1 N–H and O–H groups in total. The van der Waals surface area contributed by atoms with E-state index in [1.807, 2.05) is 44.2 Å². The van der Waals surface area contributed by atoms with Crippen LogP contribution in [-0.2, 0) is 9.63 Å². The van der Waals surface area contributed by atoms with Crippen LogP contribution >= 0.6 is 0 Å². The summed E-state index contributed by atoms with van der Waals surface area (Å²) in [4.78, 5) is 14.9. The highest BCUT2D eigenvalue weighted by Crippen LogP contribution is 2.09. The van der Waals surface area contributed by atoms with Crippen LogP contribution in [0, 0.1) is 6.92 Å². The van der Waals surface area contributed by atoms with Gasteiger partial charge in [0.2, 0.25) is 6.61 Å². The number of carbonyl (C=O) groups is 1. The van der Waals surface area contributed by atoms with E-state index in [0.717, 1.165) is 11.1 Å². The van der Waals surface area contributed by atoms with Gasteiger partial charge in [-0.25, -0.2) is 4.79 Å². The molecule has 0 aromatic heterocycles. The molecular formula is C14H17NO3. The lowest BCUT2D eigenvalue weighted by atomic mass is 10.1. The number of carboxylic acid groups (broad SMARTS) is 1. The van der Waals surface area contributed by atoms with Crippen LogP contribution in [0.1, 0.15) is 25.0 Å². The van der Waals surface area contributed by atoms with Gasteiger partial charge in [-0.1, -0.05) is 41.1 Å². The normalized spacial score (nSPS) is 12.4. The zero-order chi connectivity index (χ0) is 13.5. The Hall–Kier alpha value is -2.10. The molecule has 0 unspecified atom stereocenters. The molecule has 0 saturated carbocycles. The maximum Gasteiger partial charge on any atom is 0.344 e. The number of hydrogen-bond acceptors (Lipinski definition) is 3. The molecule has 0 aliphatic heterocycles. The van der Waals surface area contributed by atoms with E-state index in [0.29, 0.717) is 5.71 Å². The zero-order valence-corrected chi connectivity index (χ0v) is 10.8. The number of aryl methyl sites for hydroxylation is 1. The minimum Gasteiger partial charge on any atom is -0.479 e. The summed E-state index contributed by atoms with van der Waals surface area (Å²) in [6, 6.07) is 8.10. The minimum atomic E-state index is -1.04. The van der Waals surface area contributed by atoms with Crippen LogP contribution in [0.15, 0.2) is 35.0 Å².